The topological polar surface area (TPSA) is 40.6 Å². The summed E-state index contributed by atoms with van der Waals surface area (Å²) in [6.07, 6.45) is 4.62. The number of benzene rings is 1. The molecule has 2 aliphatic rings. The molecule has 0 N–H and O–H groups in total. The Bertz CT molecular complexity index is 673. The molecule has 3 rings (SSSR count). The molecular formula is C20H32N2O2S. The van der Waals surface area contributed by atoms with Gasteiger partial charge in [-0.15, -0.1) is 0 Å². The van der Waals surface area contributed by atoms with Crippen molar-refractivity contribution < 1.29 is 8.42 Å². The third-order valence-electron chi connectivity index (χ3n) is 5.66. The number of nitrogens with zero attached hydrogens (tertiary/aromatic N) is 2. The van der Waals surface area contributed by atoms with E-state index in [1.54, 1.807) is 16.4 Å². The zero-order chi connectivity index (χ0) is 18.0. The standard InChI is InChI=1S/C20H32N2O2S/c1-16-5-4-8-21(14-16)15-19-6-9-22(10-7-19)25(23,24)20-12-17(2)11-18(3)13-20/h11-13,16,19H,4-10,14-15H2,1-3H3/t16-/m1/s1. The number of piperidine rings is 2. The quantitative estimate of drug-likeness (QED) is 0.822. The summed E-state index contributed by atoms with van der Waals surface area (Å²) < 4.78 is 27.6. The minimum absolute atomic E-state index is 0.452. The fourth-order valence-corrected chi connectivity index (χ4v) is 6.04. The van der Waals surface area contributed by atoms with Crippen LogP contribution in [0.15, 0.2) is 23.1 Å². The molecular weight excluding hydrogens is 332 g/mol. The highest BCUT2D eigenvalue weighted by Crippen LogP contribution is 2.26. The van der Waals surface area contributed by atoms with Crippen LogP contribution >= 0.6 is 0 Å². The van der Waals surface area contributed by atoms with E-state index in [1.807, 2.05) is 19.9 Å². The molecule has 2 saturated heterocycles. The maximum Gasteiger partial charge on any atom is 0.243 e. The van der Waals surface area contributed by atoms with Crippen LogP contribution in [0.1, 0.15) is 43.7 Å². The van der Waals surface area contributed by atoms with Gasteiger partial charge in [0.25, 0.3) is 0 Å². The zero-order valence-corrected chi connectivity index (χ0v) is 16.7. The molecule has 2 fully saturated rings. The Morgan fingerprint density at radius 1 is 1.00 bits per heavy atom. The van der Waals surface area contributed by atoms with Crippen molar-refractivity contribution in [1.29, 1.82) is 0 Å². The lowest BCUT2D eigenvalue weighted by Crippen LogP contribution is -2.43. The Kier molecular flexibility index (Phi) is 5.86. The van der Waals surface area contributed by atoms with Gasteiger partial charge in [-0.2, -0.15) is 4.31 Å². The number of sulfonamides is 1. The zero-order valence-electron chi connectivity index (χ0n) is 15.9. The minimum atomic E-state index is -3.35. The lowest BCUT2D eigenvalue weighted by Gasteiger charge is -2.37. The molecule has 2 heterocycles. The Hall–Kier alpha value is -0.910. The molecule has 0 aromatic heterocycles. The summed E-state index contributed by atoms with van der Waals surface area (Å²) in [6.45, 7) is 11.1. The van der Waals surface area contributed by atoms with Gasteiger partial charge in [0.05, 0.1) is 4.90 Å². The van der Waals surface area contributed by atoms with E-state index in [2.05, 4.69) is 11.8 Å². The van der Waals surface area contributed by atoms with E-state index in [0.29, 0.717) is 23.9 Å². The van der Waals surface area contributed by atoms with Crippen molar-refractivity contribution in [2.45, 2.75) is 51.3 Å². The van der Waals surface area contributed by atoms with Crippen LogP contribution in [0.3, 0.4) is 0 Å². The number of hydrogen-bond acceptors (Lipinski definition) is 3. The Balaban J connectivity index is 1.59. The fraction of sp³-hybridized carbons (Fsp3) is 0.700. The summed E-state index contributed by atoms with van der Waals surface area (Å²) >= 11 is 0. The van der Waals surface area contributed by atoms with Crippen molar-refractivity contribution in [2.75, 3.05) is 32.7 Å². The second kappa shape index (κ2) is 7.77. The Morgan fingerprint density at radius 2 is 1.64 bits per heavy atom. The van der Waals surface area contributed by atoms with Crippen LogP contribution in [0, 0.1) is 25.7 Å². The summed E-state index contributed by atoms with van der Waals surface area (Å²) in [5, 5.41) is 0. The summed E-state index contributed by atoms with van der Waals surface area (Å²) in [4.78, 5) is 3.04. The van der Waals surface area contributed by atoms with Crippen LogP contribution in [0.5, 0.6) is 0 Å². The number of hydrogen-bond donors (Lipinski definition) is 0. The molecule has 0 radical (unpaired) electrons. The van der Waals surface area contributed by atoms with E-state index in [4.69, 9.17) is 0 Å². The van der Waals surface area contributed by atoms with Crippen LogP contribution in [-0.4, -0.2) is 50.3 Å². The highest BCUT2D eigenvalue weighted by molar-refractivity contribution is 7.89. The van der Waals surface area contributed by atoms with E-state index in [0.717, 1.165) is 36.4 Å². The summed E-state index contributed by atoms with van der Waals surface area (Å²) in [7, 11) is -3.35. The van der Waals surface area contributed by atoms with E-state index < -0.39 is 10.0 Å². The van der Waals surface area contributed by atoms with Gasteiger partial charge >= 0.3 is 0 Å². The molecule has 0 spiro atoms. The molecule has 0 unspecified atom stereocenters. The van der Waals surface area contributed by atoms with Crippen molar-refractivity contribution in [3.8, 4) is 0 Å². The highest BCUT2D eigenvalue weighted by atomic mass is 32.2. The number of likely N-dealkylation sites (tertiary alicyclic amines) is 1. The van der Waals surface area contributed by atoms with Crippen molar-refractivity contribution >= 4 is 10.0 Å². The first-order chi connectivity index (χ1) is 11.8. The molecule has 5 heteroatoms. The lowest BCUT2D eigenvalue weighted by atomic mass is 9.94. The molecule has 1 atom stereocenters. The minimum Gasteiger partial charge on any atom is -0.303 e. The van der Waals surface area contributed by atoms with E-state index in [1.165, 1.54) is 25.9 Å². The van der Waals surface area contributed by atoms with Crippen molar-refractivity contribution in [2.24, 2.45) is 11.8 Å². The monoisotopic (exact) mass is 364 g/mol. The first-order valence-corrected chi connectivity index (χ1v) is 11.1. The Morgan fingerprint density at radius 3 is 2.24 bits per heavy atom. The molecule has 1 aromatic carbocycles. The van der Waals surface area contributed by atoms with Gasteiger partial charge in [-0.25, -0.2) is 8.42 Å². The van der Waals surface area contributed by atoms with Gasteiger partial charge in [0.15, 0.2) is 0 Å². The predicted octanol–water partition coefficient (Wildman–Crippen LogP) is 3.44. The van der Waals surface area contributed by atoms with Crippen molar-refractivity contribution in [3.63, 3.8) is 0 Å². The smallest absolute Gasteiger partial charge is 0.243 e. The van der Waals surface area contributed by atoms with Gasteiger partial charge in [0, 0.05) is 26.2 Å². The average molecular weight is 365 g/mol. The number of aryl methyl sites for hydroxylation is 2. The molecule has 0 saturated carbocycles. The van der Waals surface area contributed by atoms with Crippen LogP contribution in [0.25, 0.3) is 0 Å². The van der Waals surface area contributed by atoms with E-state index >= 15 is 0 Å². The summed E-state index contributed by atoms with van der Waals surface area (Å²) in [5.74, 6) is 1.44. The van der Waals surface area contributed by atoms with E-state index in [9.17, 15) is 8.42 Å². The fourth-order valence-electron chi connectivity index (χ4n) is 4.38. The largest absolute Gasteiger partial charge is 0.303 e. The normalized spacial score (nSPS) is 24.5. The van der Waals surface area contributed by atoms with Gasteiger partial charge in [-0.1, -0.05) is 13.0 Å². The first-order valence-electron chi connectivity index (χ1n) is 9.65. The van der Waals surface area contributed by atoms with Crippen LogP contribution in [0.2, 0.25) is 0 Å². The average Bonchev–Trinajstić information content (AvgIpc) is 2.54. The van der Waals surface area contributed by atoms with Gasteiger partial charge < -0.3 is 4.90 Å². The predicted molar refractivity (Wildman–Crippen MR) is 102 cm³/mol. The van der Waals surface area contributed by atoms with Crippen LogP contribution in [0.4, 0.5) is 0 Å². The molecule has 0 bridgehead atoms. The summed E-state index contributed by atoms with van der Waals surface area (Å²) in [6, 6.07) is 5.61. The van der Waals surface area contributed by atoms with E-state index in [-0.39, 0.29) is 0 Å². The highest BCUT2D eigenvalue weighted by Gasteiger charge is 2.30. The first kappa shape index (κ1) is 18.9. The molecule has 140 valence electrons. The SMILES string of the molecule is Cc1cc(C)cc(S(=O)(=O)N2CCC(CN3CCC[C@@H](C)C3)CC2)c1. The van der Waals surface area contributed by atoms with Crippen LogP contribution < -0.4 is 0 Å². The van der Waals surface area contributed by atoms with Gasteiger partial charge in [-0.05, 0) is 81.2 Å². The van der Waals surface area contributed by atoms with Crippen molar-refractivity contribution in [3.05, 3.63) is 29.3 Å². The maximum absolute atomic E-state index is 12.9. The molecule has 25 heavy (non-hydrogen) atoms. The molecule has 1 aromatic rings. The van der Waals surface area contributed by atoms with Crippen LogP contribution in [-0.2, 0) is 10.0 Å². The Labute approximate surface area is 153 Å². The molecule has 0 aliphatic carbocycles. The lowest BCUT2D eigenvalue weighted by molar-refractivity contribution is 0.136. The third kappa shape index (κ3) is 4.63. The summed E-state index contributed by atoms with van der Waals surface area (Å²) in [5.41, 5.74) is 2.01. The van der Waals surface area contributed by atoms with Gasteiger partial charge in [0.2, 0.25) is 10.0 Å². The molecule has 2 aliphatic heterocycles. The third-order valence-corrected chi connectivity index (χ3v) is 7.54. The second-order valence-corrected chi connectivity index (χ2v) is 10.1. The van der Waals surface area contributed by atoms with Crippen molar-refractivity contribution in [1.82, 2.24) is 9.21 Å². The maximum atomic E-state index is 12.9. The number of rotatable bonds is 4. The second-order valence-electron chi connectivity index (χ2n) is 8.18. The molecule has 4 nitrogen and oxygen atoms in total. The molecule has 0 amide bonds. The van der Waals surface area contributed by atoms with Gasteiger partial charge in [-0.3, -0.25) is 0 Å². The van der Waals surface area contributed by atoms with Gasteiger partial charge in [0.1, 0.15) is 0 Å².